The van der Waals surface area contributed by atoms with E-state index in [-0.39, 0.29) is 26.2 Å². The SMILES string of the molecule is CC1=Cc2c(C(C)C)ccc(C)c2[CH]1.[Zr]. The van der Waals surface area contributed by atoms with Crippen molar-refractivity contribution in [3.63, 3.8) is 0 Å². The van der Waals surface area contributed by atoms with Crippen LogP contribution in [0.25, 0.3) is 6.08 Å². The molecule has 0 spiro atoms. The van der Waals surface area contributed by atoms with Crippen molar-refractivity contribution in [2.24, 2.45) is 0 Å². The fraction of sp³-hybridized carbons (Fsp3) is 0.357. The summed E-state index contributed by atoms with van der Waals surface area (Å²) in [5.74, 6) is 0.611. The molecule has 0 fully saturated rings. The van der Waals surface area contributed by atoms with E-state index in [1.807, 2.05) is 0 Å². The Bertz CT molecular complexity index is 400. The normalized spacial score (nSPS) is 13.5. The first kappa shape index (κ1) is 12.9. The van der Waals surface area contributed by atoms with Crippen LogP contribution in [0.3, 0.4) is 0 Å². The van der Waals surface area contributed by atoms with E-state index in [1.54, 1.807) is 0 Å². The zero-order chi connectivity index (χ0) is 10.3. The van der Waals surface area contributed by atoms with E-state index in [0.717, 1.165) is 0 Å². The summed E-state index contributed by atoms with van der Waals surface area (Å²) in [4.78, 5) is 0. The molecular weight excluding hydrogens is 259 g/mol. The van der Waals surface area contributed by atoms with Gasteiger partial charge < -0.3 is 0 Å². The first-order chi connectivity index (χ1) is 6.59. The van der Waals surface area contributed by atoms with E-state index in [0.29, 0.717) is 5.92 Å². The predicted octanol–water partition coefficient (Wildman–Crippen LogP) is 4.09. The predicted molar refractivity (Wildman–Crippen MR) is 62.3 cm³/mol. The monoisotopic (exact) mass is 275 g/mol. The minimum atomic E-state index is 0. The molecule has 1 aromatic carbocycles. The van der Waals surface area contributed by atoms with Crippen LogP contribution < -0.4 is 0 Å². The molecule has 0 nitrogen and oxygen atoms in total. The van der Waals surface area contributed by atoms with Crippen LogP contribution in [0.2, 0.25) is 0 Å². The number of benzene rings is 1. The molecule has 77 valence electrons. The maximum Gasteiger partial charge on any atom is 0.0164 e. The van der Waals surface area contributed by atoms with Crippen LogP contribution >= 0.6 is 0 Å². The molecule has 1 heteroatoms. The van der Waals surface area contributed by atoms with Gasteiger partial charge in [-0.25, -0.2) is 0 Å². The fourth-order valence-electron chi connectivity index (χ4n) is 2.12. The van der Waals surface area contributed by atoms with Crippen molar-refractivity contribution in [3.8, 4) is 0 Å². The summed E-state index contributed by atoms with van der Waals surface area (Å²) < 4.78 is 0. The van der Waals surface area contributed by atoms with Crippen LogP contribution in [0.5, 0.6) is 0 Å². The first-order valence-electron chi connectivity index (χ1n) is 5.26. The van der Waals surface area contributed by atoms with E-state index in [1.165, 1.54) is 27.8 Å². The Morgan fingerprint density at radius 1 is 1.00 bits per heavy atom. The average Bonchev–Trinajstić information content (AvgIpc) is 2.47. The van der Waals surface area contributed by atoms with Gasteiger partial charge in [0.1, 0.15) is 0 Å². The van der Waals surface area contributed by atoms with Crippen molar-refractivity contribution in [2.45, 2.75) is 33.6 Å². The van der Waals surface area contributed by atoms with Gasteiger partial charge in [0, 0.05) is 32.6 Å². The number of fused-ring (bicyclic) bond motifs is 1. The maximum absolute atomic E-state index is 2.30. The molecule has 0 amide bonds. The van der Waals surface area contributed by atoms with Gasteiger partial charge in [0.2, 0.25) is 0 Å². The molecule has 0 N–H and O–H groups in total. The Hall–Kier alpha value is -0.157. The second kappa shape index (κ2) is 4.79. The third kappa shape index (κ3) is 2.33. The van der Waals surface area contributed by atoms with E-state index >= 15 is 0 Å². The van der Waals surface area contributed by atoms with Gasteiger partial charge in [0.15, 0.2) is 0 Å². The van der Waals surface area contributed by atoms with Gasteiger partial charge in [-0.2, -0.15) is 0 Å². The van der Waals surface area contributed by atoms with Gasteiger partial charge in [-0.3, -0.25) is 0 Å². The van der Waals surface area contributed by atoms with Crippen molar-refractivity contribution in [3.05, 3.63) is 46.4 Å². The molecule has 0 heterocycles. The average molecular weight is 277 g/mol. The standard InChI is InChI=1S/C14H17.Zr/c1-9(2)12-6-5-11(4)13-7-10(3)8-14(12)13;/h5-9H,1-4H3;. The summed E-state index contributed by atoms with van der Waals surface area (Å²) in [6.45, 7) is 8.87. The van der Waals surface area contributed by atoms with Gasteiger partial charge in [0.25, 0.3) is 0 Å². The minimum absolute atomic E-state index is 0. The van der Waals surface area contributed by atoms with Gasteiger partial charge in [-0.1, -0.05) is 37.6 Å². The maximum atomic E-state index is 2.30. The molecular formula is C14H17Zr. The van der Waals surface area contributed by atoms with Gasteiger partial charge in [-0.05, 0) is 42.0 Å². The van der Waals surface area contributed by atoms with Crippen molar-refractivity contribution < 1.29 is 26.2 Å². The van der Waals surface area contributed by atoms with Gasteiger partial charge in [0.05, 0.1) is 0 Å². The smallest absolute Gasteiger partial charge is 0.0164 e. The summed E-state index contributed by atoms with van der Waals surface area (Å²) in [5, 5.41) is 0. The summed E-state index contributed by atoms with van der Waals surface area (Å²) in [7, 11) is 0. The largest absolute Gasteiger partial charge is 0.0642 e. The zero-order valence-electron chi connectivity index (χ0n) is 9.89. The Morgan fingerprint density at radius 3 is 2.27 bits per heavy atom. The van der Waals surface area contributed by atoms with Crippen molar-refractivity contribution >= 4 is 6.08 Å². The molecule has 0 saturated carbocycles. The van der Waals surface area contributed by atoms with Crippen LogP contribution in [-0.4, -0.2) is 0 Å². The van der Waals surface area contributed by atoms with Crippen LogP contribution in [0.1, 0.15) is 48.9 Å². The molecule has 0 unspecified atom stereocenters. The van der Waals surface area contributed by atoms with E-state index in [4.69, 9.17) is 0 Å². The van der Waals surface area contributed by atoms with Crippen LogP contribution in [0.15, 0.2) is 17.7 Å². The Balaban J connectivity index is 0.00000112. The van der Waals surface area contributed by atoms with Gasteiger partial charge >= 0.3 is 0 Å². The second-order valence-corrected chi connectivity index (χ2v) is 4.49. The molecule has 1 radical (unpaired) electrons. The van der Waals surface area contributed by atoms with E-state index in [2.05, 4.69) is 52.3 Å². The van der Waals surface area contributed by atoms with Gasteiger partial charge in [-0.15, -0.1) is 0 Å². The number of allylic oxidation sites excluding steroid dienone is 1. The van der Waals surface area contributed by atoms with Crippen LogP contribution in [0, 0.1) is 13.3 Å². The summed E-state index contributed by atoms with van der Waals surface area (Å²) in [6, 6.07) is 4.50. The molecule has 1 aromatic rings. The molecule has 1 aliphatic rings. The summed E-state index contributed by atoms with van der Waals surface area (Å²) in [6.07, 6.45) is 4.59. The number of rotatable bonds is 1. The molecule has 1 aliphatic carbocycles. The molecule has 0 aliphatic heterocycles. The molecule has 2 rings (SSSR count). The Labute approximate surface area is 112 Å². The molecule has 0 aromatic heterocycles. The quantitative estimate of drug-likeness (QED) is 0.725. The number of hydrogen-bond donors (Lipinski definition) is 0. The Morgan fingerprint density at radius 2 is 1.67 bits per heavy atom. The van der Waals surface area contributed by atoms with E-state index < -0.39 is 0 Å². The second-order valence-electron chi connectivity index (χ2n) is 4.49. The topological polar surface area (TPSA) is 0 Å². The third-order valence-electron chi connectivity index (χ3n) is 2.90. The van der Waals surface area contributed by atoms with Crippen molar-refractivity contribution in [2.75, 3.05) is 0 Å². The molecule has 0 saturated heterocycles. The summed E-state index contributed by atoms with van der Waals surface area (Å²) in [5.41, 5.74) is 7.10. The molecule has 0 bridgehead atoms. The van der Waals surface area contributed by atoms with Crippen LogP contribution in [0.4, 0.5) is 0 Å². The number of aryl methyl sites for hydroxylation is 1. The molecule has 15 heavy (non-hydrogen) atoms. The number of hydrogen-bond acceptors (Lipinski definition) is 0. The minimum Gasteiger partial charge on any atom is -0.0642 e. The Kier molecular flexibility index (Phi) is 4.12. The molecule has 0 atom stereocenters. The first-order valence-corrected chi connectivity index (χ1v) is 5.26. The van der Waals surface area contributed by atoms with E-state index in [9.17, 15) is 0 Å². The fourth-order valence-corrected chi connectivity index (χ4v) is 2.12. The third-order valence-corrected chi connectivity index (χ3v) is 2.90. The van der Waals surface area contributed by atoms with Crippen molar-refractivity contribution in [1.82, 2.24) is 0 Å². The summed E-state index contributed by atoms with van der Waals surface area (Å²) >= 11 is 0. The van der Waals surface area contributed by atoms with Crippen molar-refractivity contribution in [1.29, 1.82) is 0 Å². The zero-order valence-corrected chi connectivity index (χ0v) is 12.3. The van der Waals surface area contributed by atoms with Crippen LogP contribution in [-0.2, 0) is 26.2 Å².